The first-order valence-corrected chi connectivity index (χ1v) is 6.66. The summed E-state index contributed by atoms with van der Waals surface area (Å²) in [5, 5.41) is 9.32. The van der Waals surface area contributed by atoms with Crippen LogP contribution in [0.4, 0.5) is 0 Å². The van der Waals surface area contributed by atoms with Gasteiger partial charge in [-0.2, -0.15) is 0 Å². The first-order chi connectivity index (χ1) is 8.98. The number of hydrogen-bond acceptors (Lipinski definition) is 2. The Labute approximate surface area is 112 Å². The maximum Gasteiger partial charge on any atom is 0.307 e. The van der Waals surface area contributed by atoms with Gasteiger partial charge in [0.1, 0.15) is 5.82 Å². The molecular formula is C15H18N2O2. The lowest BCUT2D eigenvalue weighted by atomic mass is 10.1. The number of aliphatic carboxylic acids is 1. The van der Waals surface area contributed by atoms with Crippen molar-refractivity contribution in [1.29, 1.82) is 0 Å². The van der Waals surface area contributed by atoms with Gasteiger partial charge in [-0.25, -0.2) is 4.98 Å². The molecule has 4 heteroatoms. The van der Waals surface area contributed by atoms with Crippen molar-refractivity contribution in [3.8, 4) is 0 Å². The summed E-state index contributed by atoms with van der Waals surface area (Å²) in [5.41, 5.74) is 1.83. The van der Waals surface area contributed by atoms with Crippen LogP contribution in [0.2, 0.25) is 0 Å². The van der Waals surface area contributed by atoms with Crippen LogP contribution in [-0.2, 0) is 11.3 Å². The molecule has 1 heterocycles. The van der Waals surface area contributed by atoms with Crippen molar-refractivity contribution in [1.82, 2.24) is 9.55 Å². The van der Waals surface area contributed by atoms with Gasteiger partial charge in [-0.15, -0.1) is 0 Å². The molecule has 2 atom stereocenters. The zero-order chi connectivity index (χ0) is 13.8. The molecule has 0 amide bonds. The van der Waals surface area contributed by atoms with Crippen LogP contribution >= 0.6 is 0 Å². The van der Waals surface area contributed by atoms with Crippen LogP contribution in [0.25, 0.3) is 11.0 Å². The van der Waals surface area contributed by atoms with Crippen LogP contribution < -0.4 is 0 Å². The zero-order valence-electron chi connectivity index (χ0n) is 11.4. The minimum absolute atomic E-state index is 0.0114. The molecule has 0 bridgehead atoms. The summed E-state index contributed by atoms with van der Waals surface area (Å²) in [6.07, 6.45) is 0. The number of fused-ring (bicyclic) bond motifs is 1. The van der Waals surface area contributed by atoms with Crippen molar-refractivity contribution in [2.24, 2.45) is 11.3 Å². The lowest BCUT2D eigenvalue weighted by molar-refractivity contribution is -0.139. The summed E-state index contributed by atoms with van der Waals surface area (Å²) in [5.74, 6) is -0.113. The molecule has 100 valence electrons. The monoisotopic (exact) mass is 258 g/mol. The topological polar surface area (TPSA) is 55.1 Å². The van der Waals surface area contributed by atoms with E-state index in [1.165, 1.54) is 0 Å². The highest BCUT2D eigenvalue weighted by atomic mass is 16.4. The van der Waals surface area contributed by atoms with Crippen molar-refractivity contribution in [2.75, 3.05) is 0 Å². The number of aromatic nitrogens is 2. The number of hydrogen-bond donors (Lipinski definition) is 1. The van der Waals surface area contributed by atoms with E-state index in [4.69, 9.17) is 0 Å². The Hall–Kier alpha value is -1.84. The van der Waals surface area contributed by atoms with Crippen LogP contribution in [-0.4, -0.2) is 20.6 Å². The molecule has 1 fully saturated rings. The highest BCUT2D eigenvalue weighted by Gasteiger charge is 2.64. The number of nitrogens with zero attached hydrogens (tertiary/aromatic N) is 2. The van der Waals surface area contributed by atoms with E-state index < -0.39 is 5.97 Å². The van der Waals surface area contributed by atoms with Crippen molar-refractivity contribution >= 4 is 17.0 Å². The molecule has 1 aromatic heterocycles. The normalized spacial score (nSPS) is 24.6. The Kier molecular flexibility index (Phi) is 2.46. The third-order valence-electron chi connectivity index (χ3n) is 4.37. The van der Waals surface area contributed by atoms with E-state index >= 15 is 0 Å². The molecule has 1 saturated carbocycles. The molecule has 1 aromatic carbocycles. The maximum atomic E-state index is 11.3. The highest BCUT2D eigenvalue weighted by molar-refractivity contribution is 5.80. The number of para-hydroxylation sites is 2. The minimum Gasteiger partial charge on any atom is -0.481 e. The number of carboxylic acids is 1. The molecule has 2 unspecified atom stereocenters. The average Bonchev–Trinajstić information content (AvgIpc) is 2.78. The van der Waals surface area contributed by atoms with Gasteiger partial charge in [-0.1, -0.05) is 26.0 Å². The Balaban J connectivity index is 2.14. The fraction of sp³-hybridized carbons (Fsp3) is 0.467. The minimum atomic E-state index is -0.718. The van der Waals surface area contributed by atoms with Gasteiger partial charge in [0, 0.05) is 12.5 Å². The molecule has 2 aromatic rings. The second-order valence-corrected chi connectivity index (χ2v) is 5.82. The lowest BCUT2D eigenvalue weighted by Gasteiger charge is -2.06. The van der Waals surface area contributed by atoms with E-state index in [0.29, 0.717) is 0 Å². The molecule has 1 N–H and O–H groups in total. The van der Waals surface area contributed by atoms with Gasteiger partial charge in [0.2, 0.25) is 0 Å². The second-order valence-electron chi connectivity index (χ2n) is 5.82. The van der Waals surface area contributed by atoms with E-state index in [9.17, 15) is 9.90 Å². The van der Waals surface area contributed by atoms with Crippen LogP contribution in [0.5, 0.6) is 0 Å². The SMILES string of the molecule is CCn1c(C2C(C(=O)O)C2(C)C)nc2ccccc21. The van der Waals surface area contributed by atoms with Gasteiger partial charge in [-0.3, -0.25) is 4.79 Å². The van der Waals surface area contributed by atoms with Gasteiger partial charge in [0.15, 0.2) is 0 Å². The fourth-order valence-corrected chi connectivity index (χ4v) is 3.24. The molecule has 4 nitrogen and oxygen atoms in total. The van der Waals surface area contributed by atoms with Crippen LogP contribution in [0.3, 0.4) is 0 Å². The maximum absolute atomic E-state index is 11.3. The van der Waals surface area contributed by atoms with Gasteiger partial charge < -0.3 is 9.67 Å². The van der Waals surface area contributed by atoms with Crippen LogP contribution in [0, 0.1) is 11.3 Å². The van der Waals surface area contributed by atoms with Crippen molar-refractivity contribution < 1.29 is 9.90 Å². The standard InChI is InChI=1S/C15H18N2O2/c1-4-17-10-8-6-5-7-9(10)16-13(17)11-12(14(18)19)15(11,2)3/h5-8,11-12H,4H2,1-3H3,(H,18,19). The van der Waals surface area contributed by atoms with E-state index in [-0.39, 0.29) is 17.3 Å². The molecule has 0 saturated heterocycles. The van der Waals surface area contributed by atoms with Crippen molar-refractivity contribution in [2.45, 2.75) is 33.2 Å². The first kappa shape index (κ1) is 12.2. The second kappa shape index (κ2) is 3.83. The first-order valence-electron chi connectivity index (χ1n) is 6.66. The van der Waals surface area contributed by atoms with E-state index in [0.717, 1.165) is 23.4 Å². The summed E-state index contributed by atoms with van der Waals surface area (Å²) in [6.45, 7) is 6.91. The molecule has 0 spiro atoms. The van der Waals surface area contributed by atoms with Crippen molar-refractivity contribution in [3.05, 3.63) is 30.1 Å². The highest BCUT2D eigenvalue weighted by Crippen LogP contribution is 2.64. The molecule has 1 aliphatic rings. The van der Waals surface area contributed by atoms with E-state index in [1.807, 2.05) is 38.1 Å². The molecule has 19 heavy (non-hydrogen) atoms. The Morgan fingerprint density at radius 1 is 1.42 bits per heavy atom. The Bertz CT molecular complexity index is 657. The quantitative estimate of drug-likeness (QED) is 0.921. The summed E-state index contributed by atoms with van der Waals surface area (Å²) in [4.78, 5) is 16.0. The Morgan fingerprint density at radius 2 is 2.11 bits per heavy atom. The molecular weight excluding hydrogens is 240 g/mol. The van der Waals surface area contributed by atoms with E-state index in [1.54, 1.807) is 0 Å². The number of imidazole rings is 1. The summed E-state index contributed by atoms with van der Waals surface area (Å²) < 4.78 is 2.14. The largest absolute Gasteiger partial charge is 0.481 e. The van der Waals surface area contributed by atoms with Gasteiger partial charge in [0.05, 0.1) is 17.0 Å². The predicted molar refractivity (Wildman–Crippen MR) is 73.1 cm³/mol. The predicted octanol–water partition coefficient (Wildman–Crippen LogP) is 2.88. The molecule has 1 aliphatic carbocycles. The van der Waals surface area contributed by atoms with Gasteiger partial charge in [-0.05, 0) is 24.5 Å². The number of aryl methyl sites for hydroxylation is 1. The molecule has 3 rings (SSSR count). The van der Waals surface area contributed by atoms with Crippen LogP contribution in [0.15, 0.2) is 24.3 Å². The number of carbonyl (C=O) groups is 1. The molecule has 0 radical (unpaired) electrons. The van der Waals surface area contributed by atoms with Crippen LogP contribution in [0.1, 0.15) is 32.5 Å². The van der Waals surface area contributed by atoms with Gasteiger partial charge in [0.25, 0.3) is 0 Å². The number of carboxylic acid groups (broad SMARTS) is 1. The number of rotatable bonds is 3. The Morgan fingerprint density at radius 3 is 2.68 bits per heavy atom. The third-order valence-corrected chi connectivity index (χ3v) is 4.37. The number of benzene rings is 1. The average molecular weight is 258 g/mol. The molecule has 0 aliphatic heterocycles. The smallest absolute Gasteiger partial charge is 0.307 e. The summed E-state index contributed by atoms with van der Waals surface area (Å²) in [6, 6.07) is 7.98. The summed E-state index contributed by atoms with van der Waals surface area (Å²) in [7, 11) is 0. The zero-order valence-corrected chi connectivity index (χ0v) is 11.4. The summed E-state index contributed by atoms with van der Waals surface area (Å²) >= 11 is 0. The lowest BCUT2D eigenvalue weighted by Crippen LogP contribution is -2.04. The third kappa shape index (κ3) is 1.59. The van der Waals surface area contributed by atoms with Crippen molar-refractivity contribution in [3.63, 3.8) is 0 Å². The van der Waals surface area contributed by atoms with Gasteiger partial charge >= 0.3 is 5.97 Å². The van der Waals surface area contributed by atoms with E-state index in [2.05, 4.69) is 16.5 Å². The fourth-order valence-electron chi connectivity index (χ4n) is 3.24.